The van der Waals surface area contributed by atoms with E-state index in [0.717, 1.165) is 0 Å². The van der Waals surface area contributed by atoms with Gasteiger partial charge < -0.3 is 0 Å². The molecule has 1 aliphatic carbocycles. The second-order valence-corrected chi connectivity index (χ2v) is 2.90. The van der Waals surface area contributed by atoms with E-state index in [-0.39, 0.29) is 5.91 Å². The van der Waals surface area contributed by atoms with E-state index in [9.17, 15) is 9.18 Å². The molecule has 0 aromatic heterocycles. The Morgan fingerprint density at radius 1 is 1.38 bits per heavy atom. The van der Waals surface area contributed by atoms with Crippen LogP contribution in [0.15, 0.2) is 34.0 Å². The summed E-state index contributed by atoms with van der Waals surface area (Å²) in [5.74, 6) is -0.945. The largest absolute Gasteiger partial charge is 0.271 e. The first-order valence-corrected chi connectivity index (χ1v) is 3.90. The van der Waals surface area contributed by atoms with Crippen LogP contribution in [0.3, 0.4) is 0 Å². The van der Waals surface area contributed by atoms with Crippen LogP contribution >= 0.6 is 0 Å². The highest BCUT2D eigenvalue weighted by Crippen LogP contribution is 2.20. The quantitative estimate of drug-likeness (QED) is 0.553. The number of halogens is 1. The number of carbonyl (C=O) groups excluding carboxylic acids is 1. The molecule has 0 radical (unpaired) electrons. The summed E-state index contributed by atoms with van der Waals surface area (Å²) in [5, 5.41) is 0. The van der Waals surface area contributed by atoms with E-state index in [1.54, 1.807) is 6.92 Å². The second-order valence-electron chi connectivity index (χ2n) is 2.90. The van der Waals surface area contributed by atoms with Crippen molar-refractivity contribution >= 4 is 17.5 Å². The third-order valence-corrected chi connectivity index (χ3v) is 1.89. The molecule has 2 rings (SSSR count). The van der Waals surface area contributed by atoms with E-state index < -0.39 is 11.7 Å². The van der Waals surface area contributed by atoms with Gasteiger partial charge in [-0.15, -0.1) is 0 Å². The maximum absolute atomic E-state index is 12.7. The fraction of sp³-hybridized carbons (Fsp3) is 0.222. The Kier molecular flexibility index (Phi) is 1.69. The van der Waals surface area contributed by atoms with E-state index >= 15 is 0 Å². The summed E-state index contributed by atoms with van der Waals surface area (Å²) in [7, 11) is 0. The number of rotatable bonds is 0. The molecule has 1 amide bonds. The second kappa shape index (κ2) is 2.73. The summed E-state index contributed by atoms with van der Waals surface area (Å²) >= 11 is 0. The van der Waals surface area contributed by atoms with Gasteiger partial charge in [-0.05, 0) is 25.2 Å². The average molecular weight is 178 g/mol. The van der Waals surface area contributed by atoms with Gasteiger partial charge in [0.25, 0.3) is 5.91 Å². The highest BCUT2D eigenvalue weighted by molar-refractivity contribution is 6.21. The number of nitrogens with zero attached hydrogens (tertiary/aromatic N) is 2. The maximum Gasteiger partial charge on any atom is 0.260 e. The van der Waals surface area contributed by atoms with E-state index in [2.05, 4.69) is 9.98 Å². The number of aliphatic imine (C=N–C) groups is 2. The van der Waals surface area contributed by atoms with Gasteiger partial charge in [0.2, 0.25) is 0 Å². The summed E-state index contributed by atoms with van der Waals surface area (Å²) in [6, 6.07) is 0. The minimum atomic E-state index is -0.617. The average Bonchev–Trinajstić information content (AvgIpc) is 2.06. The number of allylic oxidation sites excluding steroid dienone is 3. The van der Waals surface area contributed by atoms with Crippen LogP contribution in [0, 0.1) is 5.92 Å². The maximum atomic E-state index is 12.7. The normalized spacial score (nSPS) is 26.2. The topological polar surface area (TPSA) is 41.8 Å². The molecular formula is C9H7FN2O. The lowest BCUT2D eigenvalue weighted by Gasteiger charge is -2.16. The molecule has 66 valence electrons. The van der Waals surface area contributed by atoms with Crippen molar-refractivity contribution in [3.63, 3.8) is 0 Å². The van der Waals surface area contributed by atoms with Crippen molar-refractivity contribution in [3.8, 4) is 0 Å². The fourth-order valence-corrected chi connectivity index (χ4v) is 1.31. The minimum absolute atomic E-state index is 0.345. The number of amides is 1. The SMILES string of the molecule is CC1=NC(=O)C2C=C(F)C=CC2=N1. The molecule has 13 heavy (non-hydrogen) atoms. The standard InChI is InChI=1S/C9H7FN2O/c1-5-11-8-3-2-6(10)4-7(8)9(13)12-5/h2-4,7H,1H3. The molecule has 0 bridgehead atoms. The fourth-order valence-electron chi connectivity index (χ4n) is 1.31. The first-order valence-electron chi connectivity index (χ1n) is 3.90. The predicted molar refractivity (Wildman–Crippen MR) is 47.4 cm³/mol. The van der Waals surface area contributed by atoms with Crippen molar-refractivity contribution in [2.75, 3.05) is 0 Å². The molecule has 1 unspecified atom stereocenters. The van der Waals surface area contributed by atoms with Crippen molar-refractivity contribution in [2.24, 2.45) is 15.9 Å². The Morgan fingerprint density at radius 2 is 2.15 bits per heavy atom. The van der Waals surface area contributed by atoms with Crippen molar-refractivity contribution in [1.29, 1.82) is 0 Å². The first kappa shape index (κ1) is 8.04. The molecule has 0 saturated carbocycles. The highest BCUT2D eigenvalue weighted by atomic mass is 19.1. The van der Waals surface area contributed by atoms with Crippen LogP contribution in [-0.2, 0) is 4.79 Å². The third-order valence-electron chi connectivity index (χ3n) is 1.89. The molecule has 0 saturated heterocycles. The lowest BCUT2D eigenvalue weighted by Crippen LogP contribution is -2.26. The van der Waals surface area contributed by atoms with Crippen LogP contribution in [-0.4, -0.2) is 17.5 Å². The molecular weight excluding hydrogens is 171 g/mol. The predicted octanol–water partition coefficient (Wildman–Crippen LogP) is 1.43. The van der Waals surface area contributed by atoms with Crippen LogP contribution in [0.4, 0.5) is 4.39 Å². The lowest BCUT2D eigenvalue weighted by atomic mass is 9.96. The van der Waals surface area contributed by atoms with Gasteiger partial charge in [0, 0.05) is 0 Å². The summed E-state index contributed by atoms with van der Waals surface area (Å²) in [6.07, 6.45) is 4.04. The molecule has 0 spiro atoms. The number of amidine groups is 1. The minimum Gasteiger partial charge on any atom is -0.271 e. The Labute approximate surface area is 74.4 Å². The van der Waals surface area contributed by atoms with E-state index in [0.29, 0.717) is 11.5 Å². The van der Waals surface area contributed by atoms with Crippen molar-refractivity contribution < 1.29 is 9.18 Å². The van der Waals surface area contributed by atoms with Gasteiger partial charge in [0.05, 0.1) is 5.71 Å². The highest BCUT2D eigenvalue weighted by Gasteiger charge is 2.26. The molecule has 1 atom stereocenters. The molecule has 0 aromatic carbocycles. The van der Waals surface area contributed by atoms with Crippen LogP contribution in [0.25, 0.3) is 0 Å². The molecule has 3 nitrogen and oxygen atoms in total. The molecule has 4 heteroatoms. The van der Waals surface area contributed by atoms with E-state index in [4.69, 9.17) is 0 Å². The van der Waals surface area contributed by atoms with Crippen molar-refractivity contribution in [3.05, 3.63) is 24.1 Å². The van der Waals surface area contributed by atoms with Crippen LogP contribution in [0.5, 0.6) is 0 Å². The van der Waals surface area contributed by atoms with Crippen LogP contribution < -0.4 is 0 Å². The summed E-state index contributed by atoms with van der Waals surface area (Å²) in [5.41, 5.74) is 0.568. The van der Waals surface area contributed by atoms with Gasteiger partial charge in [-0.3, -0.25) is 4.79 Å². The van der Waals surface area contributed by atoms with Gasteiger partial charge in [0.1, 0.15) is 17.6 Å². The molecule has 1 heterocycles. The molecule has 2 aliphatic rings. The Hall–Kier alpha value is -1.58. The number of hydrogen-bond donors (Lipinski definition) is 0. The Balaban J connectivity index is 2.44. The smallest absolute Gasteiger partial charge is 0.260 e. The summed E-state index contributed by atoms with van der Waals surface area (Å²) in [6.45, 7) is 1.64. The summed E-state index contributed by atoms with van der Waals surface area (Å²) in [4.78, 5) is 19.0. The van der Waals surface area contributed by atoms with Gasteiger partial charge >= 0.3 is 0 Å². The zero-order valence-corrected chi connectivity index (χ0v) is 6.99. The van der Waals surface area contributed by atoms with Gasteiger partial charge in [-0.1, -0.05) is 0 Å². The number of carbonyl (C=O) groups is 1. The third kappa shape index (κ3) is 1.35. The van der Waals surface area contributed by atoms with Crippen molar-refractivity contribution in [2.45, 2.75) is 6.92 Å². The van der Waals surface area contributed by atoms with Crippen LogP contribution in [0.2, 0.25) is 0 Å². The number of hydrogen-bond acceptors (Lipinski definition) is 2. The monoisotopic (exact) mass is 178 g/mol. The van der Waals surface area contributed by atoms with Gasteiger partial charge in [0.15, 0.2) is 0 Å². The Bertz CT molecular complexity index is 390. The lowest BCUT2D eigenvalue weighted by molar-refractivity contribution is -0.118. The van der Waals surface area contributed by atoms with E-state index in [1.165, 1.54) is 18.2 Å². The molecule has 1 aliphatic heterocycles. The molecule has 0 N–H and O–H groups in total. The zero-order valence-electron chi connectivity index (χ0n) is 6.99. The van der Waals surface area contributed by atoms with Gasteiger partial charge in [-0.25, -0.2) is 9.38 Å². The van der Waals surface area contributed by atoms with E-state index in [1.807, 2.05) is 0 Å². The molecule has 0 aromatic rings. The molecule has 0 fully saturated rings. The summed E-state index contributed by atoms with van der Waals surface area (Å²) < 4.78 is 12.7. The number of fused-ring (bicyclic) bond motifs is 1. The van der Waals surface area contributed by atoms with Crippen molar-refractivity contribution in [1.82, 2.24) is 0 Å². The Morgan fingerprint density at radius 3 is 2.92 bits per heavy atom. The first-order chi connectivity index (χ1) is 6.16. The zero-order chi connectivity index (χ0) is 9.42. The van der Waals surface area contributed by atoms with Gasteiger partial charge in [-0.2, -0.15) is 4.99 Å². The van der Waals surface area contributed by atoms with Crippen LogP contribution in [0.1, 0.15) is 6.92 Å².